The second kappa shape index (κ2) is 6.00. The molecular formula is C14H26FN. The van der Waals surface area contributed by atoms with Crippen molar-refractivity contribution < 1.29 is 4.39 Å². The predicted octanol–water partition coefficient (Wildman–Crippen LogP) is 3.78. The van der Waals surface area contributed by atoms with Crippen molar-refractivity contribution in [3.63, 3.8) is 0 Å². The van der Waals surface area contributed by atoms with Crippen molar-refractivity contribution in [3.8, 4) is 0 Å². The number of hydrogen-bond acceptors (Lipinski definition) is 1. The number of nitrogens with zero attached hydrogens (tertiary/aromatic N) is 1. The Balaban J connectivity index is 1.72. The summed E-state index contributed by atoms with van der Waals surface area (Å²) in [6, 6.07) is 0.703. The van der Waals surface area contributed by atoms with Gasteiger partial charge in [-0.2, -0.15) is 0 Å². The highest BCUT2D eigenvalue weighted by atomic mass is 19.1. The van der Waals surface area contributed by atoms with Crippen LogP contribution < -0.4 is 0 Å². The standard InChI is InChI=1S/C14H26FN/c1-2-3-12-8-10-16(11-9-12)14-6-4-13(15)5-7-14/h12-14H,2-11H2,1H3/t13-,14-. The maximum absolute atomic E-state index is 13.1. The SMILES string of the molecule is CCCC1CCN([C@H]2CC[C@H](F)CC2)CC1. The third-order valence-corrected chi connectivity index (χ3v) is 4.49. The molecule has 2 rings (SSSR count). The van der Waals surface area contributed by atoms with Gasteiger partial charge in [0.15, 0.2) is 0 Å². The molecule has 1 aliphatic carbocycles. The van der Waals surface area contributed by atoms with Crippen LogP contribution in [-0.4, -0.2) is 30.2 Å². The quantitative estimate of drug-likeness (QED) is 0.709. The number of halogens is 1. The summed E-state index contributed by atoms with van der Waals surface area (Å²) in [5.41, 5.74) is 0. The summed E-state index contributed by atoms with van der Waals surface area (Å²) in [5, 5.41) is 0. The Morgan fingerprint density at radius 1 is 1.00 bits per heavy atom. The highest BCUT2D eigenvalue weighted by molar-refractivity contribution is 4.82. The molecule has 0 aromatic carbocycles. The van der Waals surface area contributed by atoms with Crippen LogP contribution in [0.25, 0.3) is 0 Å². The van der Waals surface area contributed by atoms with Crippen LogP contribution in [0.1, 0.15) is 58.3 Å². The van der Waals surface area contributed by atoms with Gasteiger partial charge in [-0.1, -0.05) is 19.8 Å². The molecule has 1 saturated carbocycles. The molecule has 2 fully saturated rings. The van der Waals surface area contributed by atoms with Crippen LogP contribution in [0.3, 0.4) is 0 Å². The van der Waals surface area contributed by atoms with Gasteiger partial charge in [0.25, 0.3) is 0 Å². The van der Waals surface area contributed by atoms with E-state index in [9.17, 15) is 4.39 Å². The van der Waals surface area contributed by atoms with Gasteiger partial charge in [-0.3, -0.25) is 0 Å². The van der Waals surface area contributed by atoms with E-state index < -0.39 is 6.17 Å². The Kier molecular flexibility index (Phi) is 4.63. The molecule has 16 heavy (non-hydrogen) atoms. The Bertz CT molecular complexity index is 191. The first-order chi connectivity index (χ1) is 7.79. The average molecular weight is 227 g/mol. The molecule has 1 heterocycles. The van der Waals surface area contributed by atoms with Crippen molar-refractivity contribution in [2.45, 2.75) is 70.5 Å². The summed E-state index contributed by atoms with van der Waals surface area (Å²) in [4.78, 5) is 2.64. The first-order valence-corrected chi connectivity index (χ1v) is 7.17. The van der Waals surface area contributed by atoms with Crippen molar-refractivity contribution in [2.24, 2.45) is 5.92 Å². The van der Waals surface area contributed by atoms with Crippen molar-refractivity contribution in [1.82, 2.24) is 4.90 Å². The third kappa shape index (κ3) is 3.19. The highest BCUT2D eigenvalue weighted by Crippen LogP contribution is 2.29. The number of piperidine rings is 1. The molecule has 0 amide bonds. The van der Waals surface area contributed by atoms with E-state index in [1.165, 1.54) is 38.8 Å². The normalized spacial score (nSPS) is 34.1. The van der Waals surface area contributed by atoms with Crippen LogP contribution in [-0.2, 0) is 0 Å². The molecule has 0 spiro atoms. The van der Waals surface area contributed by atoms with E-state index in [0.29, 0.717) is 6.04 Å². The zero-order valence-corrected chi connectivity index (χ0v) is 10.6. The summed E-state index contributed by atoms with van der Waals surface area (Å²) in [7, 11) is 0. The molecule has 0 aromatic rings. The zero-order chi connectivity index (χ0) is 11.4. The number of likely N-dealkylation sites (tertiary alicyclic amines) is 1. The summed E-state index contributed by atoms with van der Waals surface area (Å²) in [6.45, 7) is 4.83. The van der Waals surface area contributed by atoms with Gasteiger partial charge in [0.2, 0.25) is 0 Å². The van der Waals surface area contributed by atoms with Crippen LogP contribution in [0, 0.1) is 5.92 Å². The van der Waals surface area contributed by atoms with E-state index in [1.807, 2.05) is 0 Å². The molecule has 0 aromatic heterocycles. The Morgan fingerprint density at radius 3 is 2.19 bits per heavy atom. The average Bonchev–Trinajstić information content (AvgIpc) is 2.32. The van der Waals surface area contributed by atoms with Crippen molar-refractivity contribution in [1.29, 1.82) is 0 Å². The van der Waals surface area contributed by atoms with E-state index in [2.05, 4.69) is 11.8 Å². The smallest absolute Gasteiger partial charge is 0.100 e. The highest BCUT2D eigenvalue weighted by Gasteiger charge is 2.28. The monoisotopic (exact) mass is 227 g/mol. The second-order valence-electron chi connectivity index (χ2n) is 5.67. The van der Waals surface area contributed by atoms with Crippen LogP contribution in [0.2, 0.25) is 0 Å². The molecule has 1 aliphatic heterocycles. The predicted molar refractivity (Wildman–Crippen MR) is 66.4 cm³/mol. The maximum Gasteiger partial charge on any atom is 0.100 e. The second-order valence-corrected chi connectivity index (χ2v) is 5.67. The molecule has 0 bridgehead atoms. The van der Waals surface area contributed by atoms with Gasteiger partial charge in [-0.05, 0) is 57.5 Å². The van der Waals surface area contributed by atoms with Crippen LogP contribution in [0.15, 0.2) is 0 Å². The lowest BCUT2D eigenvalue weighted by molar-refractivity contribution is 0.0838. The van der Waals surface area contributed by atoms with Crippen molar-refractivity contribution in [3.05, 3.63) is 0 Å². The van der Waals surface area contributed by atoms with E-state index in [0.717, 1.165) is 31.6 Å². The zero-order valence-electron chi connectivity index (χ0n) is 10.6. The van der Waals surface area contributed by atoms with Gasteiger partial charge < -0.3 is 4.90 Å². The van der Waals surface area contributed by atoms with Gasteiger partial charge in [-0.15, -0.1) is 0 Å². The molecule has 0 unspecified atom stereocenters. The minimum atomic E-state index is -0.506. The lowest BCUT2D eigenvalue weighted by Gasteiger charge is -2.39. The Morgan fingerprint density at radius 2 is 1.62 bits per heavy atom. The molecule has 2 aliphatic rings. The van der Waals surface area contributed by atoms with Crippen LogP contribution >= 0.6 is 0 Å². The Hall–Kier alpha value is -0.110. The van der Waals surface area contributed by atoms with Gasteiger partial charge in [0.05, 0.1) is 0 Å². The van der Waals surface area contributed by atoms with Gasteiger partial charge in [0, 0.05) is 6.04 Å². The van der Waals surface area contributed by atoms with Gasteiger partial charge in [0.1, 0.15) is 6.17 Å². The van der Waals surface area contributed by atoms with E-state index in [-0.39, 0.29) is 0 Å². The first-order valence-electron chi connectivity index (χ1n) is 7.17. The van der Waals surface area contributed by atoms with Gasteiger partial charge >= 0.3 is 0 Å². The molecule has 94 valence electrons. The lowest BCUT2D eigenvalue weighted by Crippen LogP contribution is -2.43. The number of alkyl halides is 1. The largest absolute Gasteiger partial charge is 0.300 e. The minimum absolute atomic E-state index is 0.506. The fourth-order valence-electron chi connectivity index (χ4n) is 3.42. The molecule has 0 N–H and O–H groups in total. The van der Waals surface area contributed by atoms with E-state index >= 15 is 0 Å². The summed E-state index contributed by atoms with van der Waals surface area (Å²) < 4.78 is 13.1. The number of hydrogen-bond donors (Lipinski definition) is 0. The van der Waals surface area contributed by atoms with Crippen molar-refractivity contribution >= 4 is 0 Å². The lowest BCUT2D eigenvalue weighted by atomic mass is 9.88. The molecule has 1 saturated heterocycles. The molecule has 1 nitrogen and oxygen atoms in total. The Labute approximate surface area is 99.4 Å². The summed E-state index contributed by atoms with van der Waals surface area (Å²) in [6.07, 6.45) is 8.79. The van der Waals surface area contributed by atoms with Crippen LogP contribution in [0.5, 0.6) is 0 Å². The van der Waals surface area contributed by atoms with E-state index in [1.54, 1.807) is 0 Å². The molecule has 0 radical (unpaired) electrons. The van der Waals surface area contributed by atoms with Crippen molar-refractivity contribution in [2.75, 3.05) is 13.1 Å². The maximum atomic E-state index is 13.1. The number of rotatable bonds is 3. The molecule has 0 atom stereocenters. The van der Waals surface area contributed by atoms with Crippen LogP contribution in [0.4, 0.5) is 4.39 Å². The van der Waals surface area contributed by atoms with E-state index in [4.69, 9.17) is 0 Å². The fourth-order valence-corrected chi connectivity index (χ4v) is 3.42. The summed E-state index contributed by atoms with van der Waals surface area (Å²) >= 11 is 0. The minimum Gasteiger partial charge on any atom is -0.300 e. The molecular weight excluding hydrogens is 201 g/mol. The fraction of sp³-hybridized carbons (Fsp3) is 1.00. The topological polar surface area (TPSA) is 3.24 Å². The molecule has 2 heteroatoms. The first kappa shape index (κ1) is 12.3. The van der Waals surface area contributed by atoms with Gasteiger partial charge in [-0.25, -0.2) is 4.39 Å². The third-order valence-electron chi connectivity index (χ3n) is 4.49. The summed E-state index contributed by atoms with van der Waals surface area (Å²) in [5.74, 6) is 0.971.